The number of carbonyl (C=O) groups is 2. The van der Waals surface area contributed by atoms with Crippen molar-refractivity contribution in [3.05, 3.63) is 64.7 Å². The van der Waals surface area contributed by atoms with Crippen LogP contribution in [0.1, 0.15) is 28.7 Å². The summed E-state index contributed by atoms with van der Waals surface area (Å²) < 4.78 is 0. The fraction of sp³-hybridized carbons (Fsp3) is 0.333. The van der Waals surface area contributed by atoms with Crippen molar-refractivity contribution in [3.63, 3.8) is 0 Å². The fourth-order valence-electron chi connectivity index (χ4n) is 3.18. The van der Waals surface area contributed by atoms with Crippen LogP contribution in [-0.2, 0) is 16.1 Å². The SMILES string of the molecule is Cc1ccc(CNC(=O)[C@H]2CC(=O)N(c3cccc(C)c3C)C2)cc1. The van der Waals surface area contributed by atoms with E-state index in [1.807, 2.05) is 63.2 Å². The Morgan fingerprint density at radius 3 is 2.56 bits per heavy atom. The van der Waals surface area contributed by atoms with Crippen LogP contribution in [0.25, 0.3) is 0 Å². The van der Waals surface area contributed by atoms with Gasteiger partial charge in [0.1, 0.15) is 0 Å². The second-order valence-electron chi connectivity index (χ2n) is 6.83. The van der Waals surface area contributed by atoms with Gasteiger partial charge in [-0.2, -0.15) is 0 Å². The predicted molar refractivity (Wildman–Crippen MR) is 99.4 cm³/mol. The highest BCUT2D eigenvalue weighted by molar-refractivity contribution is 6.00. The van der Waals surface area contributed by atoms with E-state index in [2.05, 4.69) is 5.32 Å². The average molecular weight is 336 g/mol. The third kappa shape index (κ3) is 3.73. The van der Waals surface area contributed by atoms with E-state index < -0.39 is 0 Å². The van der Waals surface area contributed by atoms with Gasteiger partial charge in [-0.3, -0.25) is 9.59 Å². The van der Waals surface area contributed by atoms with Crippen LogP contribution in [0, 0.1) is 26.7 Å². The number of nitrogens with one attached hydrogen (secondary N) is 1. The van der Waals surface area contributed by atoms with Crippen LogP contribution < -0.4 is 10.2 Å². The average Bonchev–Trinajstić information content (AvgIpc) is 2.98. The van der Waals surface area contributed by atoms with Gasteiger partial charge in [-0.15, -0.1) is 0 Å². The molecule has 1 aliphatic rings. The number of aryl methyl sites for hydroxylation is 2. The van der Waals surface area contributed by atoms with E-state index in [-0.39, 0.29) is 24.2 Å². The van der Waals surface area contributed by atoms with Gasteiger partial charge in [0.15, 0.2) is 0 Å². The Morgan fingerprint density at radius 1 is 1.12 bits per heavy atom. The van der Waals surface area contributed by atoms with Gasteiger partial charge in [-0.05, 0) is 43.5 Å². The van der Waals surface area contributed by atoms with Crippen molar-refractivity contribution in [2.24, 2.45) is 5.92 Å². The Morgan fingerprint density at radius 2 is 1.84 bits per heavy atom. The van der Waals surface area contributed by atoms with E-state index in [0.717, 1.165) is 22.4 Å². The molecule has 2 aromatic rings. The minimum atomic E-state index is -0.294. The molecule has 1 fully saturated rings. The van der Waals surface area contributed by atoms with Crippen molar-refractivity contribution in [1.82, 2.24) is 5.32 Å². The topological polar surface area (TPSA) is 49.4 Å². The summed E-state index contributed by atoms with van der Waals surface area (Å²) in [5.74, 6) is -0.330. The van der Waals surface area contributed by atoms with Crippen LogP contribution >= 0.6 is 0 Å². The molecule has 1 saturated heterocycles. The van der Waals surface area contributed by atoms with Gasteiger partial charge in [0.2, 0.25) is 11.8 Å². The van der Waals surface area contributed by atoms with Crippen LogP contribution in [0.4, 0.5) is 5.69 Å². The Balaban J connectivity index is 1.64. The highest BCUT2D eigenvalue weighted by atomic mass is 16.2. The van der Waals surface area contributed by atoms with Gasteiger partial charge in [-0.25, -0.2) is 0 Å². The lowest BCUT2D eigenvalue weighted by molar-refractivity contribution is -0.126. The van der Waals surface area contributed by atoms with Gasteiger partial charge in [0, 0.05) is 25.2 Å². The maximum absolute atomic E-state index is 12.5. The molecule has 2 aromatic carbocycles. The molecule has 1 heterocycles. The highest BCUT2D eigenvalue weighted by Crippen LogP contribution is 2.29. The molecule has 25 heavy (non-hydrogen) atoms. The van der Waals surface area contributed by atoms with E-state index >= 15 is 0 Å². The van der Waals surface area contributed by atoms with Crippen molar-refractivity contribution in [2.75, 3.05) is 11.4 Å². The second-order valence-corrected chi connectivity index (χ2v) is 6.83. The smallest absolute Gasteiger partial charge is 0.227 e. The Labute approximate surface area is 148 Å². The van der Waals surface area contributed by atoms with Crippen molar-refractivity contribution in [2.45, 2.75) is 33.7 Å². The lowest BCUT2D eigenvalue weighted by atomic mass is 10.1. The maximum atomic E-state index is 12.5. The minimum Gasteiger partial charge on any atom is -0.352 e. The monoisotopic (exact) mass is 336 g/mol. The van der Waals surface area contributed by atoms with Crippen molar-refractivity contribution >= 4 is 17.5 Å². The van der Waals surface area contributed by atoms with Gasteiger partial charge in [0.25, 0.3) is 0 Å². The molecule has 4 heteroatoms. The largest absolute Gasteiger partial charge is 0.352 e. The van der Waals surface area contributed by atoms with Gasteiger partial charge < -0.3 is 10.2 Å². The molecule has 0 radical (unpaired) electrons. The molecule has 0 aliphatic carbocycles. The highest BCUT2D eigenvalue weighted by Gasteiger charge is 2.35. The molecule has 4 nitrogen and oxygen atoms in total. The first kappa shape index (κ1) is 17.2. The molecule has 0 spiro atoms. The third-order valence-electron chi connectivity index (χ3n) is 4.95. The summed E-state index contributed by atoms with van der Waals surface area (Å²) in [6.45, 7) is 7.03. The normalized spacial score (nSPS) is 17.0. The van der Waals surface area contributed by atoms with Gasteiger partial charge in [0.05, 0.1) is 5.92 Å². The summed E-state index contributed by atoms with van der Waals surface area (Å²) >= 11 is 0. The van der Waals surface area contributed by atoms with E-state index in [1.54, 1.807) is 4.90 Å². The summed E-state index contributed by atoms with van der Waals surface area (Å²) in [4.78, 5) is 26.6. The Hall–Kier alpha value is -2.62. The summed E-state index contributed by atoms with van der Waals surface area (Å²) in [5.41, 5.74) is 5.42. The van der Waals surface area contributed by atoms with Crippen LogP contribution in [0.2, 0.25) is 0 Å². The van der Waals surface area contributed by atoms with Crippen molar-refractivity contribution in [3.8, 4) is 0 Å². The number of carbonyl (C=O) groups excluding carboxylic acids is 2. The quantitative estimate of drug-likeness (QED) is 0.931. The number of amides is 2. The summed E-state index contributed by atoms with van der Waals surface area (Å²) in [6, 6.07) is 14.0. The van der Waals surface area contributed by atoms with Crippen molar-refractivity contribution < 1.29 is 9.59 Å². The van der Waals surface area contributed by atoms with Gasteiger partial charge in [-0.1, -0.05) is 42.0 Å². The molecule has 3 rings (SSSR count). The first-order chi connectivity index (χ1) is 12.0. The standard InChI is InChI=1S/C21H24N2O2/c1-14-7-9-17(10-8-14)12-22-21(25)18-11-20(24)23(13-18)19-6-4-5-15(2)16(19)3/h4-10,18H,11-13H2,1-3H3,(H,22,25)/t18-/m0/s1. The number of anilines is 1. The maximum Gasteiger partial charge on any atom is 0.227 e. The summed E-state index contributed by atoms with van der Waals surface area (Å²) in [6.07, 6.45) is 0.271. The zero-order valence-corrected chi connectivity index (χ0v) is 15.0. The van der Waals surface area contributed by atoms with Crippen LogP contribution in [-0.4, -0.2) is 18.4 Å². The Bertz CT molecular complexity index is 796. The third-order valence-corrected chi connectivity index (χ3v) is 4.95. The lowest BCUT2D eigenvalue weighted by Gasteiger charge is -2.20. The number of hydrogen-bond acceptors (Lipinski definition) is 2. The van der Waals surface area contributed by atoms with E-state index in [0.29, 0.717) is 13.1 Å². The first-order valence-corrected chi connectivity index (χ1v) is 8.65. The van der Waals surface area contributed by atoms with E-state index in [4.69, 9.17) is 0 Å². The molecule has 0 saturated carbocycles. The molecule has 0 aromatic heterocycles. The number of nitrogens with zero attached hydrogens (tertiary/aromatic N) is 1. The zero-order valence-electron chi connectivity index (χ0n) is 15.0. The number of hydrogen-bond donors (Lipinski definition) is 1. The number of rotatable bonds is 4. The summed E-state index contributed by atoms with van der Waals surface area (Å²) in [5, 5.41) is 2.96. The minimum absolute atomic E-state index is 0.0178. The second kappa shape index (κ2) is 7.09. The summed E-state index contributed by atoms with van der Waals surface area (Å²) in [7, 11) is 0. The zero-order chi connectivity index (χ0) is 18.0. The van der Waals surface area contributed by atoms with Crippen LogP contribution in [0.3, 0.4) is 0 Å². The molecule has 0 unspecified atom stereocenters. The van der Waals surface area contributed by atoms with Gasteiger partial charge >= 0.3 is 0 Å². The van der Waals surface area contributed by atoms with E-state index in [1.165, 1.54) is 5.56 Å². The molecule has 0 bridgehead atoms. The molecule has 1 aliphatic heterocycles. The Kier molecular flexibility index (Phi) is 4.88. The first-order valence-electron chi connectivity index (χ1n) is 8.65. The predicted octanol–water partition coefficient (Wildman–Crippen LogP) is 3.28. The lowest BCUT2D eigenvalue weighted by Crippen LogP contribution is -2.32. The molecule has 1 N–H and O–H groups in total. The molecular weight excluding hydrogens is 312 g/mol. The molecule has 2 amide bonds. The van der Waals surface area contributed by atoms with E-state index in [9.17, 15) is 9.59 Å². The molecular formula is C21H24N2O2. The van der Waals surface area contributed by atoms with Crippen LogP contribution in [0.15, 0.2) is 42.5 Å². The fourth-order valence-corrected chi connectivity index (χ4v) is 3.18. The molecule has 1 atom stereocenters. The molecule has 130 valence electrons. The number of benzene rings is 2. The van der Waals surface area contributed by atoms with Crippen LogP contribution in [0.5, 0.6) is 0 Å². The van der Waals surface area contributed by atoms with Crippen molar-refractivity contribution in [1.29, 1.82) is 0 Å².